The van der Waals surface area contributed by atoms with Gasteiger partial charge in [-0.3, -0.25) is 9.59 Å². The first-order valence-corrected chi connectivity index (χ1v) is 6.82. The van der Waals surface area contributed by atoms with Crippen molar-refractivity contribution in [3.63, 3.8) is 0 Å². The van der Waals surface area contributed by atoms with E-state index in [0.717, 1.165) is 6.92 Å². The van der Waals surface area contributed by atoms with Crippen molar-refractivity contribution in [3.05, 3.63) is 57.5 Å². The predicted molar refractivity (Wildman–Crippen MR) is 81.2 cm³/mol. The van der Waals surface area contributed by atoms with Crippen molar-refractivity contribution in [1.82, 2.24) is 15.5 Å². The van der Waals surface area contributed by atoms with Gasteiger partial charge in [0, 0.05) is 24.2 Å². The van der Waals surface area contributed by atoms with E-state index in [1.807, 2.05) is 0 Å². The Labute approximate surface area is 130 Å². The zero-order chi connectivity index (χ0) is 17.2. The molecule has 0 saturated carbocycles. The number of rotatable bonds is 4. The van der Waals surface area contributed by atoms with E-state index in [4.69, 9.17) is 5.73 Å². The molecule has 1 heterocycles. The number of aromatic nitrogens is 2. The van der Waals surface area contributed by atoms with Crippen molar-refractivity contribution in [2.75, 3.05) is 5.73 Å². The van der Waals surface area contributed by atoms with Crippen LogP contribution in [-0.4, -0.2) is 16.1 Å². The highest BCUT2D eigenvalue weighted by Crippen LogP contribution is 2.30. The second-order valence-corrected chi connectivity index (χ2v) is 5.28. The molecule has 0 aliphatic rings. The van der Waals surface area contributed by atoms with Crippen LogP contribution in [0.3, 0.4) is 0 Å². The van der Waals surface area contributed by atoms with Crippen LogP contribution in [-0.2, 0) is 5.92 Å². The highest BCUT2D eigenvalue weighted by atomic mass is 19.3. The van der Waals surface area contributed by atoms with Crippen LogP contribution in [0, 0.1) is 0 Å². The summed E-state index contributed by atoms with van der Waals surface area (Å²) in [7, 11) is 0. The molecular formula is C15H16F2N4O2. The number of H-pyrrole nitrogens is 1. The normalized spacial score (nSPS) is 12.7. The standard InChI is InChI=1S/C15H16F2N4O2/c1-8(19-14(23)12-3-4-13(22)21-20-12)9-5-10(15(2,16)17)7-11(18)6-9/h3-8H,18H2,1-2H3,(H,19,23)(H,21,22)/t8-/m1/s1. The maximum atomic E-state index is 13.5. The van der Waals surface area contributed by atoms with Gasteiger partial charge in [-0.15, -0.1) is 0 Å². The van der Waals surface area contributed by atoms with E-state index >= 15 is 0 Å². The lowest BCUT2D eigenvalue weighted by Gasteiger charge is -2.18. The van der Waals surface area contributed by atoms with Gasteiger partial charge in [-0.25, -0.2) is 13.9 Å². The Bertz CT molecular complexity index is 763. The first-order valence-electron chi connectivity index (χ1n) is 6.82. The van der Waals surface area contributed by atoms with Gasteiger partial charge >= 0.3 is 0 Å². The summed E-state index contributed by atoms with van der Waals surface area (Å²) < 4.78 is 26.9. The summed E-state index contributed by atoms with van der Waals surface area (Å²) >= 11 is 0. The molecule has 1 aromatic carbocycles. The Balaban J connectivity index is 2.22. The number of carbonyl (C=O) groups is 1. The second-order valence-electron chi connectivity index (χ2n) is 5.28. The Morgan fingerprint density at radius 1 is 1.35 bits per heavy atom. The van der Waals surface area contributed by atoms with Gasteiger partial charge in [0.25, 0.3) is 17.4 Å². The van der Waals surface area contributed by atoms with Crippen LogP contribution < -0.4 is 16.6 Å². The fraction of sp³-hybridized carbons (Fsp3) is 0.267. The molecule has 0 spiro atoms. The number of nitrogen functional groups attached to an aromatic ring is 1. The first-order chi connectivity index (χ1) is 10.7. The second kappa shape index (κ2) is 6.15. The first kappa shape index (κ1) is 16.6. The number of halogens is 2. The van der Waals surface area contributed by atoms with E-state index in [-0.39, 0.29) is 16.9 Å². The van der Waals surface area contributed by atoms with Gasteiger partial charge in [0.1, 0.15) is 5.69 Å². The quantitative estimate of drug-likeness (QED) is 0.749. The third-order valence-corrected chi connectivity index (χ3v) is 3.24. The molecule has 0 aliphatic heterocycles. The average Bonchev–Trinajstić information content (AvgIpc) is 2.46. The maximum absolute atomic E-state index is 13.5. The molecule has 4 N–H and O–H groups in total. The Hall–Kier alpha value is -2.77. The number of amides is 1. The number of anilines is 1. The Morgan fingerprint density at radius 2 is 2.04 bits per heavy atom. The minimum atomic E-state index is -3.03. The van der Waals surface area contributed by atoms with E-state index in [0.29, 0.717) is 5.56 Å². The fourth-order valence-electron chi connectivity index (χ4n) is 2.00. The zero-order valence-electron chi connectivity index (χ0n) is 12.6. The summed E-state index contributed by atoms with van der Waals surface area (Å²) in [6.07, 6.45) is 0. The van der Waals surface area contributed by atoms with Crippen molar-refractivity contribution in [2.45, 2.75) is 25.8 Å². The molecule has 2 rings (SSSR count). The highest BCUT2D eigenvalue weighted by molar-refractivity contribution is 5.92. The lowest BCUT2D eigenvalue weighted by molar-refractivity contribution is 0.0174. The number of carbonyl (C=O) groups excluding carboxylic acids is 1. The fourth-order valence-corrected chi connectivity index (χ4v) is 2.00. The van der Waals surface area contributed by atoms with Crippen molar-refractivity contribution in [1.29, 1.82) is 0 Å². The molecule has 1 atom stereocenters. The molecule has 23 heavy (non-hydrogen) atoms. The smallest absolute Gasteiger partial charge is 0.272 e. The van der Waals surface area contributed by atoms with Crippen LogP contribution in [0.4, 0.5) is 14.5 Å². The van der Waals surface area contributed by atoms with Crippen LogP contribution in [0.15, 0.2) is 35.1 Å². The van der Waals surface area contributed by atoms with Crippen LogP contribution in [0.1, 0.15) is 41.5 Å². The van der Waals surface area contributed by atoms with E-state index in [1.165, 1.54) is 30.3 Å². The van der Waals surface area contributed by atoms with E-state index in [1.54, 1.807) is 6.92 Å². The summed E-state index contributed by atoms with van der Waals surface area (Å²) in [4.78, 5) is 23.0. The molecule has 0 radical (unpaired) electrons. The molecule has 2 aromatic rings. The van der Waals surface area contributed by atoms with E-state index in [2.05, 4.69) is 15.5 Å². The van der Waals surface area contributed by atoms with Crippen molar-refractivity contribution in [2.24, 2.45) is 0 Å². The van der Waals surface area contributed by atoms with Crippen LogP contribution in [0.5, 0.6) is 0 Å². The highest BCUT2D eigenvalue weighted by Gasteiger charge is 2.26. The monoisotopic (exact) mass is 322 g/mol. The predicted octanol–water partition coefficient (Wildman–Crippen LogP) is 1.95. The third kappa shape index (κ3) is 4.12. The number of benzene rings is 1. The summed E-state index contributed by atoms with van der Waals surface area (Å²) in [6, 6.07) is 5.87. The van der Waals surface area contributed by atoms with Gasteiger partial charge in [-0.2, -0.15) is 5.10 Å². The van der Waals surface area contributed by atoms with E-state index in [9.17, 15) is 18.4 Å². The summed E-state index contributed by atoms with van der Waals surface area (Å²) in [6.45, 7) is 2.41. The Kier molecular flexibility index (Phi) is 4.44. The number of nitrogens with two attached hydrogens (primary N) is 1. The zero-order valence-corrected chi connectivity index (χ0v) is 12.6. The molecule has 1 amide bonds. The minimum Gasteiger partial charge on any atom is -0.399 e. The maximum Gasteiger partial charge on any atom is 0.272 e. The summed E-state index contributed by atoms with van der Waals surface area (Å²) in [5, 5.41) is 8.37. The number of nitrogens with zero attached hydrogens (tertiary/aromatic N) is 1. The van der Waals surface area contributed by atoms with Crippen molar-refractivity contribution < 1.29 is 13.6 Å². The molecule has 0 aliphatic carbocycles. The molecule has 122 valence electrons. The average molecular weight is 322 g/mol. The summed E-state index contributed by atoms with van der Waals surface area (Å²) in [5.74, 6) is -3.57. The molecule has 8 heteroatoms. The van der Waals surface area contributed by atoms with Gasteiger partial charge in [-0.05, 0) is 36.8 Å². The number of nitrogens with one attached hydrogen (secondary N) is 2. The van der Waals surface area contributed by atoms with Gasteiger partial charge in [-0.1, -0.05) is 0 Å². The van der Waals surface area contributed by atoms with Gasteiger partial charge < -0.3 is 11.1 Å². The molecule has 1 aromatic heterocycles. The topological polar surface area (TPSA) is 101 Å². The summed E-state index contributed by atoms with van der Waals surface area (Å²) in [5.41, 5.74) is 5.64. The SMILES string of the molecule is C[C@@H](NC(=O)c1ccc(=O)[nH]n1)c1cc(N)cc(C(C)(F)F)c1. The molecule has 6 nitrogen and oxygen atoms in total. The lowest BCUT2D eigenvalue weighted by atomic mass is 10.0. The van der Waals surface area contributed by atoms with Crippen LogP contribution in [0.2, 0.25) is 0 Å². The lowest BCUT2D eigenvalue weighted by Crippen LogP contribution is -2.28. The number of hydrogen-bond donors (Lipinski definition) is 3. The van der Waals surface area contributed by atoms with E-state index < -0.39 is 23.4 Å². The third-order valence-electron chi connectivity index (χ3n) is 3.24. The molecule has 0 saturated heterocycles. The minimum absolute atomic E-state index is 0.0152. The molecule has 0 fully saturated rings. The number of alkyl halides is 2. The van der Waals surface area contributed by atoms with Crippen molar-refractivity contribution in [3.8, 4) is 0 Å². The van der Waals surface area contributed by atoms with Crippen LogP contribution in [0.25, 0.3) is 0 Å². The van der Waals surface area contributed by atoms with Gasteiger partial charge in [0.15, 0.2) is 0 Å². The number of aromatic amines is 1. The largest absolute Gasteiger partial charge is 0.399 e. The van der Waals surface area contributed by atoms with Crippen LogP contribution >= 0.6 is 0 Å². The van der Waals surface area contributed by atoms with Gasteiger partial charge in [0.05, 0.1) is 6.04 Å². The number of hydrogen-bond acceptors (Lipinski definition) is 4. The molecule has 0 unspecified atom stereocenters. The van der Waals surface area contributed by atoms with Crippen molar-refractivity contribution >= 4 is 11.6 Å². The Morgan fingerprint density at radius 3 is 2.61 bits per heavy atom. The molecule has 0 bridgehead atoms. The van der Waals surface area contributed by atoms with Gasteiger partial charge in [0.2, 0.25) is 0 Å². The molecular weight excluding hydrogens is 306 g/mol.